The fourth-order valence-corrected chi connectivity index (χ4v) is 5.14. The second-order valence-corrected chi connectivity index (χ2v) is 8.84. The minimum Gasteiger partial charge on any atom is -0.497 e. The number of nitrogens with one attached hydrogen (secondary N) is 1. The summed E-state index contributed by atoms with van der Waals surface area (Å²) >= 11 is 1.51. The van der Waals surface area contributed by atoms with E-state index >= 15 is 0 Å². The van der Waals surface area contributed by atoms with Gasteiger partial charge < -0.3 is 9.47 Å². The molecule has 1 atom stereocenters. The predicted molar refractivity (Wildman–Crippen MR) is 112 cm³/mol. The average molecular weight is 418 g/mol. The Bertz CT molecular complexity index is 1010. The number of thiophene rings is 1. The fourth-order valence-electron chi connectivity index (χ4n) is 2.91. The van der Waals surface area contributed by atoms with E-state index < -0.39 is 16.1 Å². The van der Waals surface area contributed by atoms with Crippen LogP contribution in [0, 0.1) is 0 Å². The number of ether oxygens (including phenoxy) is 2. The zero-order valence-corrected chi connectivity index (χ0v) is 17.6. The zero-order valence-electron chi connectivity index (χ0n) is 16.0. The Morgan fingerprint density at radius 1 is 1.04 bits per heavy atom. The summed E-state index contributed by atoms with van der Waals surface area (Å²) in [5.41, 5.74) is 2.09. The number of aryl methyl sites for hydroxylation is 1. The number of methoxy groups -OCH3 is 2. The molecule has 5 nitrogen and oxygen atoms in total. The van der Waals surface area contributed by atoms with E-state index in [2.05, 4.69) is 11.6 Å². The molecular formula is C21H23NO4S2. The number of benzene rings is 2. The van der Waals surface area contributed by atoms with Crippen LogP contribution in [0.15, 0.2) is 64.9 Å². The van der Waals surface area contributed by atoms with Crippen molar-refractivity contribution < 1.29 is 17.9 Å². The van der Waals surface area contributed by atoms with Crippen molar-refractivity contribution >= 4 is 21.4 Å². The third-order valence-electron chi connectivity index (χ3n) is 4.48. The molecule has 0 aliphatic carbocycles. The zero-order chi connectivity index (χ0) is 20.1. The molecule has 1 N–H and O–H groups in total. The van der Waals surface area contributed by atoms with Crippen LogP contribution in [0.3, 0.4) is 0 Å². The molecule has 2 aromatic carbocycles. The van der Waals surface area contributed by atoms with Gasteiger partial charge in [-0.1, -0.05) is 37.3 Å². The lowest BCUT2D eigenvalue weighted by atomic mass is 10.0. The third kappa shape index (κ3) is 4.38. The van der Waals surface area contributed by atoms with Gasteiger partial charge in [0.2, 0.25) is 10.0 Å². The lowest BCUT2D eigenvalue weighted by Crippen LogP contribution is -2.29. The van der Waals surface area contributed by atoms with Crippen molar-refractivity contribution in [3.8, 4) is 11.5 Å². The summed E-state index contributed by atoms with van der Waals surface area (Å²) in [5, 5.41) is 1.94. The van der Waals surface area contributed by atoms with Gasteiger partial charge in [0, 0.05) is 10.9 Å². The number of hydrogen-bond donors (Lipinski definition) is 1. The van der Waals surface area contributed by atoms with Gasteiger partial charge in [0.25, 0.3) is 0 Å². The summed E-state index contributed by atoms with van der Waals surface area (Å²) in [6.45, 7) is 2.09. The van der Waals surface area contributed by atoms with Crippen molar-refractivity contribution in [3.63, 3.8) is 0 Å². The molecule has 0 bridgehead atoms. The maximum atomic E-state index is 13.2. The van der Waals surface area contributed by atoms with Gasteiger partial charge in [0.15, 0.2) is 0 Å². The first kappa shape index (κ1) is 20.4. The van der Waals surface area contributed by atoms with Crippen molar-refractivity contribution in [3.05, 3.63) is 76.0 Å². The minimum absolute atomic E-state index is 0.0718. The topological polar surface area (TPSA) is 64.6 Å². The summed E-state index contributed by atoms with van der Waals surface area (Å²) in [4.78, 5) is 0.989. The highest BCUT2D eigenvalue weighted by atomic mass is 32.2. The molecule has 0 spiro atoms. The molecule has 3 rings (SSSR count). The van der Waals surface area contributed by atoms with Crippen molar-refractivity contribution in [2.24, 2.45) is 0 Å². The average Bonchev–Trinajstić information content (AvgIpc) is 3.26. The van der Waals surface area contributed by atoms with Gasteiger partial charge in [-0.2, -0.15) is 4.72 Å². The molecule has 0 saturated heterocycles. The Labute approximate surface area is 170 Å². The van der Waals surface area contributed by atoms with Crippen LogP contribution in [-0.2, 0) is 16.4 Å². The summed E-state index contributed by atoms with van der Waals surface area (Å²) in [6, 6.07) is 16.0. The highest BCUT2D eigenvalue weighted by Gasteiger charge is 2.26. The molecule has 1 unspecified atom stereocenters. The predicted octanol–water partition coefficient (Wildman–Crippen LogP) is 4.40. The van der Waals surface area contributed by atoms with Gasteiger partial charge in [-0.15, -0.1) is 11.3 Å². The van der Waals surface area contributed by atoms with Crippen LogP contribution < -0.4 is 14.2 Å². The second kappa shape index (κ2) is 8.77. The molecule has 3 aromatic rings. The van der Waals surface area contributed by atoms with Crippen molar-refractivity contribution in [2.75, 3.05) is 14.2 Å². The van der Waals surface area contributed by atoms with Crippen LogP contribution in [0.4, 0.5) is 0 Å². The molecule has 0 radical (unpaired) electrons. The summed E-state index contributed by atoms with van der Waals surface area (Å²) < 4.78 is 39.7. The number of hydrogen-bond acceptors (Lipinski definition) is 5. The Morgan fingerprint density at radius 3 is 2.36 bits per heavy atom. The molecule has 7 heteroatoms. The molecule has 1 aromatic heterocycles. The molecule has 28 heavy (non-hydrogen) atoms. The van der Waals surface area contributed by atoms with Gasteiger partial charge in [-0.3, -0.25) is 0 Å². The number of rotatable bonds is 8. The van der Waals surface area contributed by atoms with E-state index in [4.69, 9.17) is 9.47 Å². The standard InChI is InChI=1S/C21H23NO4S2/c1-4-15-7-9-16(10-8-15)21(19-6-5-13-27-19)22-28(23,24)20-12-11-17(25-2)14-18(20)26-3/h5-14,21-22H,4H2,1-3H3. The van der Waals surface area contributed by atoms with Gasteiger partial charge in [0.05, 0.1) is 20.3 Å². The molecule has 1 heterocycles. The number of sulfonamides is 1. The SMILES string of the molecule is CCc1ccc(C(NS(=O)(=O)c2ccc(OC)cc2OC)c2cccs2)cc1. The van der Waals surface area contributed by atoms with E-state index in [1.54, 1.807) is 12.1 Å². The lowest BCUT2D eigenvalue weighted by Gasteiger charge is -2.20. The normalized spacial score (nSPS) is 12.5. The van der Waals surface area contributed by atoms with Crippen molar-refractivity contribution in [2.45, 2.75) is 24.3 Å². The summed E-state index contributed by atoms with van der Waals surface area (Å²) in [5.74, 6) is 0.763. The molecule has 0 aliphatic heterocycles. The van der Waals surface area contributed by atoms with Crippen LogP contribution in [0.1, 0.15) is 29.0 Å². The van der Waals surface area contributed by atoms with Crippen LogP contribution in [-0.4, -0.2) is 22.6 Å². The van der Waals surface area contributed by atoms with Crippen LogP contribution in [0.2, 0.25) is 0 Å². The smallest absolute Gasteiger partial charge is 0.245 e. The van der Waals surface area contributed by atoms with Crippen molar-refractivity contribution in [1.82, 2.24) is 4.72 Å². The third-order valence-corrected chi connectivity index (χ3v) is 6.88. The van der Waals surface area contributed by atoms with E-state index in [9.17, 15) is 8.42 Å². The Kier molecular flexibility index (Phi) is 6.39. The quantitative estimate of drug-likeness (QED) is 0.590. The highest BCUT2D eigenvalue weighted by Crippen LogP contribution is 2.32. The monoisotopic (exact) mass is 417 g/mol. The molecule has 148 valence electrons. The largest absolute Gasteiger partial charge is 0.497 e. The van der Waals surface area contributed by atoms with E-state index in [-0.39, 0.29) is 10.6 Å². The van der Waals surface area contributed by atoms with Crippen LogP contribution >= 0.6 is 11.3 Å². The first-order chi connectivity index (χ1) is 13.5. The first-order valence-electron chi connectivity index (χ1n) is 8.85. The van der Waals surface area contributed by atoms with E-state index in [1.165, 1.54) is 37.2 Å². The van der Waals surface area contributed by atoms with Gasteiger partial charge in [-0.05, 0) is 41.1 Å². The maximum absolute atomic E-state index is 13.2. The molecule has 0 fully saturated rings. The van der Waals surface area contributed by atoms with Crippen molar-refractivity contribution in [1.29, 1.82) is 0 Å². The van der Waals surface area contributed by atoms with E-state index in [1.807, 2.05) is 41.8 Å². The van der Waals surface area contributed by atoms with E-state index in [0.717, 1.165) is 16.9 Å². The second-order valence-electron chi connectivity index (χ2n) is 6.18. The van der Waals surface area contributed by atoms with E-state index in [0.29, 0.717) is 5.75 Å². The van der Waals surface area contributed by atoms with Gasteiger partial charge in [-0.25, -0.2) is 8.42 Å². The summed E-state index contributed by atoms with van der Waals surface area (Å²) in [6.07, 6.45) is 0.929. The molecular weight excluding hydrogens is 394 g/mol. The van der Waals surface area contributed by atoms with Crippen LogP contribution in [0.25, 0.3) is 0 Å². The Balaban J connectivity index is 2.00. The maximum Gasteiger partial charge on any atom is 0.245 e. The van der Waals surface area contributed by atoms with Gasteiger partial charge in [0.1, 0.15) is 16.4 Å². The lowest BCUT2D eigenvalue weighted by molar-refractivity contribution is 0.386. The van der Waals surface area contributed by atoms with Gasteiger partial charge >= 0.3 is 0 Å². The molecule has 0 amide bonds. The van der Waals surface area contributed by atoms with Crippen LogP contribution in [0.5, 0.6) is 11.5 Å². The highest BCUT2D eigenvalue weighted by molar-refractivity contribution is 7.89. The fraction of sp³-hybridized carbons (Fsp3) is 0.238. The first-order valence-corrected chi connectivity index (χ1v) is 11.2. The molecule has 0 aliphatic rings. The Morgan fingerprint density at radius 2 is 1.79 bits per heavy atom. The minimum atomic E-state index is -3.84. The Hall–Kier alpha value is -2.35. The molecule has 0 saturated carbocycles. The summed E-state index contributed by atoms with van der Waals surface area (Å²) in [7, 11) is -0.881.